The first-order chi connectivity index (χ1) is 5.33. The number of nitrogens with zero attached hydrogens (tertiary/aromatic N) is 2. The number of nitrogens with two attached hydrogens (primary N) is 1. The van der Waals surface area contributed by atoms with Gasteiger partial charge in [0.15, 0.2) is 5.96 Å². The fourth-order valence-electron chi connectivity index (χ4n) is 0.589. The summed E-state index contributed by atoms with van der Waals surface area (Å²) in [6.07, 6.45) is 1.51. The van der Waals surface area contributed by atoms with Crippen LogP contribution in [0, 0.1) is 0 Å². The molecule has 1 rings (SSSR count). The molecule has 0 spiro atoms. The first-order valence-corrected chi connectivity index (χ1v) is 3.18. The molecular formula is C6H10N4O. The number of nitrogens with one attached hydrogen (secondary N) is 1. The second-order valence-corrected chi connectivity index (χ2v) is 1.95. The molecule has 0 aliphatic carbocycles. The highest BCUT2D eigenvalue weighted by molar-refractivity contribution is 5.77. The Hall–Kier alpha value is -1.52. The second kappa shape index (κ2) is 3.60. The molecule has 0 radical (unpaired) electrons. The Labute approximate surface area is 64.3 Å². The number of rotatable bonds is 2. The average Bonchev–Trinajstić information content (AvgIpc) is 2.52. The third-order valence-electron chi connectivity index (χ3n) is 1.18. The molecule has 1 heterocycles. The van der Waals surface area contributed by atoms with E-state index in [1.165, 1.54) is 6.26 Å². The van der Waals surface area contributed by atoms with Gasteiger partial charge in [0.25, 0.3) is 0 Å². The quantitative estimate of drug-likeness (QED) is 0.453. The zero-order chi connectivity index (χ0) is 8.10. The molecule has 3 N–H and O–H groups in total. The summed E-state index contributed by atoms with van der Waals surface area (Å²) in [7, 11) is 1.62. The van der Waals surface area contributed by atoms with Gasteiger partial charge in [-0.3, -0.25) is 4.99 Å². The zero-order valence-corrected chi connectivity index (χ0v) is 6.24. The minimum Gasteiger partial charge on any atom is -0.370 e. The first kappa shape index (κ1) is 7.59. The van der Waals surface area contributed by atoms with Crippen molar-refractivity contribution in [1.82, 2.24) is 10.5 Å². The summed E-state index contributed by atoms with van der Waals surface area (Å²) in [6, 6.07) is 1.76. The van der Waals surface area contributed by atoms with Gasteiger partial charge in [-0.2, -0.15) is 0 Å². The summed E-state index contributed by atoms with van der Waals surface area (Å²) < 4.78 is 4.61. The van der Waals surface area contributed by atoms with E-state index in [4.69, 9.17) is 5.73 Å². The van der Waals surface area contributed by atoms with Gasteiger partial charge in [0, 0.05) is 13.1 Å². The molecule has 0 unspecified atom stereocenters. The molecule has 0 aliphatic heterocycles. The van der Waals surface area contributed by atoms with Gasteiger partial charge in [-0.05, 0) is 0 Å². The van der Waals surface area contributed by atoms with E-state index in [0.717, 1.165) is 5.69 Å². The molecule has 11 heavy (non-hydrogen) atoms. The normalized spacial score (nSPS) is 11.5. The number of guanidine groups is 1. The third-order valence-corrected chi connectivity index (χ3v) is 1.18. The molecule has 0 saturated heterocycles. The molecule has 0 amide bonds. The number of aromatic nitrogens is 1. The molecule has 0 atom stereocenters. The molecule has 5 nitrogen and oxygen atoms in total. The van der Waals surface area contributed by atoms with Gasteiger partial charge < -0.3 is 15.6 Å². The highest BCUT2D eigenvalue weighted by Gasteiger charge is 1.94. The minimum atomic E-state index is 0.396. The van der Waals surface area contributed by atoms with E-state index in [1.54, 1.807) is 13.1 Å². The number of hydrogen-bond acceptors (Lipinski definition) is 3. The highest BCUT2D eigenvalue weighted by Crippen LogP contribution is 1.91. The Morgan fingerprint density at radius 3 is 3.27 bits per heavy atom. The van der Waals surface area contributed by atoms with Crippen LogP contribution in [0.4, 0.5) is 0 Å². The second-order valence-electron chi connectivity index (χ2n) is 1.95. The van der Waals surface area contributed by atoms with E-state index in [9.17, 15) is 0 Å². The summed E-state index contributed by atoms with van der Waals surface area (Å²) in [5, 5.41) is 6.51. The van der Waals surface area contributed by atoms with Crippen molar-refractivity contribution in [3.05, 3.63) is 18.0 Å². The lowest BCUT2D eigenvalue weighted by Crippen LogP contribution is -2.30. The van der Waals surface area contributed by atoms with Crippen molar-refractivity contribution in [3.63, 3.8) is 0 Å². The fraction of sp³-hybridized carbons (Fsp3) is 0.333. The highest BCUT2D eigenvalue weighted by atomic mass is 16.5. The predicted molar refractivity (Wildman–Crippen MR) is 40.9 cm³/mol. The first-order valence-electron chi connectivity index (χ1n) is 3.18. The average molecular weight is 154 g/mol. The molecule has 0 aromatic carbocycles. The zero-order valence-electron chi connectivity index (χ0n) is 6.24. The lowest BCUT2D eigenvalue weighted by atomic mass is 10.4. The largest absolute Gasteiger partial charge is 0.370 e. The van der Waals surface area contributed by atoms with Crippen molar-refractivity contribution in [3.8, 4) is 0 Å². The van der Waals surface area contributed by atoms with Gasteiger partial charge in [-0.15, -0.1) is 0 Å². The Morgan fingerprint density at radius 2 is 2.73 bits per heavy atom. The molecule has 60 valence electrons. The van der Waals surface area contributed by atoms with Crippen molar-refractivity contribution in [2.24, 2.45) is 10.7 Å². The van der Waals surface area contributed by atoms with Crippen molar-refractivity contribution >= 4 is 5.96 Å². The third kappa shape index (κ3) is 2.29. The maximum atomic E-state index is 5.37. The summed E-state index contributed by atoms with van der Waals surface area (Å²) >= 11 is 0. The summed E-state index contributed by atoms with van der Waals surface area (Å²) in [4.78, 5) is 3.71. The lowest BCUT2D eigenvalue weighted by Gasteiger charge is -1.99. The van der Waals surface area contributed by atoms with Crippen LogP contribution in [0.1, 0.15) is 5.69 Å². The van der Waals surface area contributed by atoms with E-state index in [2.05, 4.69) is 20.0 Å². The van der Waals surface area contributed by atoms with Gasteiger partial charge in [0.2, 0.25) is 0 Å². The van der Waals surface area contributed by atoms with Crippen LogP contribution in [-0.2, 0) is 6.54 Å². The maximum Gasteiger partial charge on any atom is 0.188 e. The van der Waals surface area contributed by atoms with Crippen LogP contribution in [0.5, 0.6) is 0 Å². The molecule has 5 heteroatoms. The van der Waals surface area contributed by atoms with Crippen LogP contribution in [0.15, 0.2) is 21.8 Å². The van der Waals surface area contributed by atoms with E-state index >= 15 is 0 Å². The van der Waals surface area contributed by atoms with Gasteiger partial charge in [0.05, 0.1) is 6.54 Å². The smallest absolute Gasteiger partial charge is 0.188 e. The van der Waals surface area contributed by atoms with Crippen molar-refractivity contribution in [1.29, 1.82) is 0 Å². The molecular weight excluding hydrogens is 144 g/mol. The SMILES string of the molecule is CN=C(N)NCc1ccon1. The van der Waals surface area contributed by atoms with E-state index in [-0.39, 0.29) is 0 Å². The molecule has 0 saturated carbocycles. The predicted octanol–water partition coefficient (Wildman–Crippen LogP) is -0.291. The van der Waals surface area contributed by atoms with Crippen LogP contribution in [0.2, 0.25) is 0 Å². The van der Waals surface area contributed by atoms with Gasteiger partial charge >= 0.3 is 0 Å². The van der Waals surface area contributed by atoms with Crippen LogP contribution in [0.3, 0.4) is 0 Å². The van der Waals surface area contributed by atoms with Crippen LogP contribution >= 0.6 is 0 Å². The maximum absolute atomic E-state index is 5.37. The van der Waals surface area contributed by atoms with E-state index < -0.39 is 0 Å². The number of hydrogen-bond donors (Lipinski definition) is 2. The molecule has 0 bridgehead atoms. The fourth-order valence-corrected chi connectivity index (χ4v) is 0.589. The Kier molecular flexibility index (Phi) is 2.48. The van der Waals surface area contributed by atoms with Crippen LogP contribution in [-0.4, -0.2) is 18.2 Å². The number of aliphatic imine (C=N–C) groups is 1. The topological polar surface area (TPSA) is 76.4 Å². The van der Waals surface area contributed by atoms with Crippen LogP contribution < -0.4 is 11.1 Å². The summed E-state index contributed by atoms with van der Waals surface area (Å²) in [5.74, 6) is 0.396. The minimum absolute atomic E-state index is 0.396. The molecule has 1 aromatic heterocycles. The molecule has 1 aromatic rings. The van der Waals surface area contributed by atoms with E-state index in [1.807, 2.05) is 0 Å². The Bertz CT molecular complexity index is 229. The monoisotopic (exact) mass is 154 g/mol. The summed E-state index contributed by atoms with van der Waals surface area (Å²) in [5.41, 5.74) is 6.17. The summed E-state index contributed by atoms with van der Waals surface area (Å²) in [6.45, 7) is 0.541. The van der Waals surface area contributed by atoms with Crippen molar-refractivity contribution in [2.75, 3.05) is 7.05 Å². The van der Waals surface area contributed by atoms with Crippen LogP contribution in [0.25, 0.3) is 0 Å². The standard InChI is InChI=1S/C6H10N4O/c1-8-6(7)9-4-5-2-3-11-10-5/h2-3H,4H2,1H3,(H3,7,8,9). The van der Waals surface area contributed by atoms with E-state index in [0.29, 0.717) is 12.5 Å². The van der Waals surface area contributed by atoms with Gasteiger partial charge in [-0.25, -0.2) is 0 Å². The Morgan fingerprint density at radius 1 is 1.91 bits per heavy atom. The van der Waals surface area contributed by atoms with Gasteiger partial charge in [0.1, 0.15) is 12.0 Å². The van der Waals surface area contributed by atoms with Crippen molar-refractivity contribution < 1.29 is 4.52 Å². The molecule has 0 aliphatic rings. The van der Waals surface area contributed by atoms with Gasteiger partial charge in [-0.1, -0.05) is 5.16 Å². The molecule has 0 fully saturated rings. The van der Waals surface area contributed by atoms with Crippen molar-refractivity contribution in [2.45, 2.75) is 6.54 Å². The lowest BCUT2D eigenvalue weighted by molar-refractivity contribution is 0.411. The Balaban J connectivity index is 2.35.